The fourth-order valence-corrected chi connectivity index (χ4v) is 5.64. The first-order chi connectivity index (χ1) is 18.5. The van der Waals surface area contributed by atoms with Crippen molar-refractivity contribution in [2.45, 2.75) is 52.1 Å². The monoisotopic (exact) mass is 551 g/mol. The van der Waals surface area contributed by atoms with Crippen LogP contribution in [0, 0.1) is 20.8 Å². The molecule has 0 heterocycles. The quantitative estimate of drug-likeness (QED) is 0.382. The molecule has 8 nitrogen and oxygen atoms in total. The van der Waals surface area contributed by atoms with Crippen LogP contribution in [-0.4, -0.2) is 51.4 Å². The van der Waals surface area contributed by atoms with E-state index in [1.807, 2.05) is 51.1 Å². The summed E-state index contributed by atoms with van der Waals surface area (Å²) >= 11 is 0. The summed E-state index contributed by atoms with van der Waals surface area (Å²) in [7, 11) is -2.73. The minimum Gasteiger partial charge on any atom is -0.495 e. The van der Waals surface area contributed by atoms with Crippen LogP contribution in [0.25, 0.3) is 0 Å². The van der Waals surface area contributed by atoms with Crippen LogP contribution in [0.5, 0.6) is 5.75 Å². The summed E-state index contributed by atoms with van der Waals surface area (Å²) in [6.45, 7) is 9.12. The molecule has 0 aliphatic rings. The van der Waals surface area contributed by atoms with Gasteiger partial charge >= 0.3 is 0 Å². The number of methoxy groups -OCH3 is 1. The van der Waals surface area contributed by atoms with Crippen molar-refractivity contribution in [2.75, 3.05) is 24.5 Å². The molecule has 3 rings (SSSR count). The highest BCUT2D eigenvalue weighted by Gasteiger charge is 2.34. The molecule has 0 aliphatic carbocycles. The summed E-state index contributed by atoms with van der Waals surface area (Å²) in [6.07, 6.45) is 0. The third kappa shape index (κ3) is 6.97. The predicted octanol–water partition coefficient (Wildman–Crippen LogP) is 4.37. The number of carbonyl (C=O) groups excluding carboxylic acids is 2. The zero-order valence-corrected chi connectivity index (χ0v) is 24.2. The maximum atomic E-state index is 14.0. The van der Waals surface area contributed by atoms with Crippen molar-refractivity contribution < 1.29 is 22.7 Å². The van der Waals surface area contributed by atoms with E-state index in [2.05, 4.69) is 5.32 Å². The van der Waals surface area contributed by atoms with Crippen LogP contribution in [0.15, 0.2) is 71.6 Å². The molecule has 3 aromatic rings. The number of aryl methyl sites for hydroxylation is 3. The van der Waals surface area contributed by atoms with Gasteiger partial charge in [0.15, 0.2) is 0 Å². The fraction of sp³-hybridized carbons (Fsp3) is 0.333. The number of anilines is 1. The second-order valence-electron chi connectivity index (χ2n) is 9.52. The lowest BCUT2D eigenvalue weighted by atomic mass is 10.1. The minimum atomic E-state index is -4.18. The van der Waals surface area contributed by atoms with Crippen molar-refractivity contribution in [3.63, 3.8) is 0 Å². The molecule has 0 unspecified atom stereocenters. The number of hydrogen-bond acceptors (Lipinski definition) is 5. The highest BCUT2D eigenvalue weighted by molar-refractivity contribution is 7.92. The van der Waals surface area contributed by atoms with Crippen LogP contribution in [0.4, 0.5) is 5.69 Å². The predicted molar refractivity (Wildman–Crippen MR) is 153 cm³/mol. The molecule has 0 spiro atoms. The van der Waals surface area contributed by atoms with E-state index in [4.69, 9.17) is 4.74 Å². The molecule has 0 saturated heterocycles. The Morgan fingerprint density at radius 3 is 2.21 bits per heavy atom. The van der Waals surface area contributed by atoms with E-state index in [1.54, 1.807) is 38.1 Å². The van der Waals surface area contributed by atoms with Gasteiger partial charge in [-0.05, 0) is 75.6 Å². The van der Waals surface area contributed by atoms with Gasteiger partial charge in [-0.25, -0.2) is 8.42 Å². The number of hydrogen-bond donors (Lipinski definition) is 1. The van der Waals surface area contributed by atoms with Crippen LogP contribution in [0.3, 0.4) is 0 Å². The molecular weight excluding hydrogens is 514 g/mol. The van der Waals surface area contributed by atoms with Crippen molar-refractivity contribution in [3.05, 3.63) is 89.0 Å². The van der Waals surface area contributed by atoms with E-state index in [0.717, 1.165) is 26.6 Å². The van der Waals surface area contributed by atoms with E-state index in [0.29, 0.717) is 12.3 Å². The Kier molecular flexibility index (Phi) is 9.75. The molecule has 0 aromatic heterocycles. The highest BCUT2D eigenvalue weighted by Crippen LogP contribution is 2.34. The topological polar surface area (TPSA) is 96.0 Å². The number of nitrogens with one attached hydrogen (secondary N) is 1. The van der Waals surface area contributed by atoms with E-state index in [1.165, 1.54) is 24.1 Å². The summed E-state index contributed by atoms with van der Waals surface area (Å²) in [6, 6.07) is 18.4. The first-order valence-electron chi connectivity index (χ1n) is 12.8. The van der Waals surface area contributed by atoms with Crippen LogP contribution < -0.4 is 14.4 Å². The summed E-state index contributed by atoms with van der Waals surface area (Å²) in [5, 5.41) is 2.77. The molecule has 1 atom stereocenters. The molecule has 0 saturated carbocycles. The van der Waals surface area contributed by atoms with E-state index >= 15 is 0 Å². The Balaban J connectivity index is 2.11. The van der Waals surface area contributed by atoms with Gasteiger partial charge in [0.25, 0.3) is 10.0 Å². The molecule has 39 heavy (non-hydrogen) atoms. The molecule has 0 radical (unpaired) electrons. The van der Waals surface area contributed by atoms with Gasteiger partial charge in [-0.15, -0.1) is 0 Å². The number of rotatable bonds is 11. The number of amides is 2. The third-order valence-electron chi connectivity index (χ3n) is 6.61. The second-order valence-corrected chi connectivity index (χ2v) is 11.4. The lowest BCUT2D eigenvalue weighted by Gasteiger charge is -2.32. The number of nitrogens with zero attached hydrogens (tertiary/aromatic N) is 2. The van der Waals surface area contributed by atoms with Crippen LogP contribution >= 0.6 is 0 Å². The number of carbonyl (C=O) groups is 2. The first kappa shape index (κ1) is 29.7. The van der Waals surface area contributed by atoms with Gasteiger partial charge < -0.3 is 15.0 Å². The molecule has 208 valence electrons. The van der Waals surface area contributed by atoms with Crippen molar-refractivity contribution in [1.82, 2.24) is 10.2 Å². The standard InChI is InChI=1S/C30H37N3O5S/c1-7-31-30(35)24(5)32(19-25-11-9-8-10-23(25)4)29(34)20-33(27-18-22(3)14-17-28(27)38-6)39(36,37)26-15-12-21(2)13-16-26/h8-18,24H,7,19-20H2,1-6H3,(H,31,35)/t24-/m1/s1. The summed E-state index contributed by atoms with van der Waals surface area (Å²) < 4.78 is 34.6. The van der Waals surface area contributed by atoms with Crippen LogP contribution in [0.1, 0.15) is 36.1 Å². The van der Waals surface area contributed by atoms with Gasteiger partial charge in [0.2, 0.25) is 11.8 Å². The summed E-state index contributed by atoms with van der Waals surface area (Å²) in [4.78, 5) is 28.3. The molecule has 0 bridgehead atoms. The largest absolute Gasteiger partial charge is 0.495 e. The lowest BCUT2D eigenvalue weighted by Crippen LogP contribution is -2.51. The van der Waals surface area contributed by atoms with Gasteiger partial charge in [0.1, 0.15) is 18.3 Å². The summed E-state index contributed by atoms with van der Waals surface area (Å²) in [5.74, 6) is -0.525. The molecule has 9 heteroatoms. The number of benzene rings is 3. The van der Waals surface area contributed by atoms with Crippen LogP contribution in [0.2, 0.25) is 0 Å². The van der Waals surface area contributed by atoms with Gasteiger partial charge in [0.05, 0.1) is 17.7 Å². The fourth-order valence-electron chi connectivity index (χ4n) is 4.22. The van der Waals surface area contributed by atoms with E-state index in [9.17, 15) is 18.0 Å². The molecular formula is C30H37N3O5S. The van der Waals surface area contributed by atoms with E-state index < -0.39 is 28.5 Å². The van der Waals surface area contributed by atoms with Gasteiger partial charge in [-0.3, -0.25) is 13.9 Å². The zero-order chi connectivity index (χ0) is 28.7. The van der Waals surface area contributed by atoms with Crippen molar-refractivity contribution in [2.24, 2.45) is 0 Å². The Labute approximate surface area is 231 Å². The van der Waals surface area contributed by atoms with E-state index in [-0.39, 0.29) is 23.0 Å². The molecule has 0 fully saturated rings. The molecule has 1 N–H and O–H groups in total. The average molecular weight is 552 g/mol. The Morgan fingerprint density at radius 2 is 1.59 bits per heavy atom. The maximum Gasteiger partial charge on any atom is 0.264 e. The SMILES string of the molecule is CCNC(=O)[C@@H](C)N(Cc1ccccc1C)C(=O)CN(c1cc(C)ccc1OC)S(=O)(=O)c1ccc(C)cc1. The number of sulfonamides is 1. The van der Waals surface area contributed by atoms with Crippen molar-refractivity contribution >= 4 is 27.5 Å². The maximum absolute atomic E-state index is 14.0. The van der Waals surface area contributed by atoms with Crippen LogP contribution in [-0.2, 0) is 26.2 Å². The number of likely N-dealkylation sites (N-methyl/N-ethyl adjacent to an activating group) is 1. The van der Waals surface area contributed by atoms with Gasteiger partial charge in [-0.1, -0.05) is 48.0 Å². The van der Waals surface area contributed by atoms with Gasteiger partial charge in [0, 0.05) is 13.1 Å². The zero-order valence-electron chi connectivity index (χ0n) is 23.4. The van der Waals surface area contributed by atoms with Crippen molar-refractivity contribution in [1.29, 1.82) is 0 Å². The highest BCUT2D eigenvalue weighted by atomic mass is 32.2. The molecule has 0 aliphatic heterocycles. The molecule has 3 aromatic carbocycles. The Hall–Kier alpha value is -3.85. The summed E-state index contributed by atoms with van der Waals surface area (Å²) in [5.41, 5.74) is 3.78. The normalized spacial score (nSPS) is 11.9. The number of ether oxygens (including phenoxy) is 1. The average Bonchev–Trinajstić information content (AvgIpc) is 2.91. The van der Waals surface area contributed by atoms with Crippen molar-refractivity contribution in [3.8, 4) is 5.75 Å². The first-order valence-corrected chi connectivity index (χ1v) is 14.3. The minimum absolute atomic E-state index is 0.0479. The third-order valence-corrected chi connectivity index (χ3v) is 8.39. The molecule has 2 amide bonds. The van der Waals surface area contributed by atoms with Gasteiger partial charge in [-0.2, -0.15) is 0 Å². The Morgan fingerprint density at radius 1 is 0.949 bits per heavy atom. The second kappa shape index (κ2) is 12.8. The Bertz CT molecular complexity index is 1420. The smallest absolute Gasteiger partial charge is 0.264 e. The lowest BCUT2D eigenvalue weighted by molar-refractivity contribution is -0.139.